The van der Waals surface area contributed by atoms with Crippen LogP contribution in [0, 0.1) is 51.4 Å². The van der Waals surface area contributed by atoms with Gasteiger partial charge in [0.25, 0.3) is 0 Å². The van der Waals surface area contributed by atoms with Crippen molar-refractivity contribution in [3.05, 3.63) is 260 Å². The summed E-state index contributed by atoms with van der Waals surface area (Å²) in [6.07, 6.45) is 25.2. The maximum Gasteiger partial charge on any atom is 0.195 e. The zero-order valence-corrected chi connectivity index (χ0v) is 69.6. The van der Waals surface area contributed by atoms with Crippen LogP contribution in [-0.2, 0) is 10.8 Å². The molecule has 0 aliphatic heterocycles. The van der Waals surface area contributed by atoms with Crippen molar-refractivity contribution in [1.29, 1.82) is 0 Å². The number of aromatic nitrogens is 2. The minimum atomic E-state index is -0.125. The zero-order valence-electron chi connectivity index (χ0n) is 66.3. The van der Waals surface area contributed by atoms with Crippen LogP contribution in [0.5, 0.6) is 11.5 Å². The van der Waals surface area contributed by atoms with Gasteiger partial charge in [-0.15, -0.1) is 0 Å². The van der Waals surface area contributed by atoms with Crippen molar-refractivity contribution in [1.82, 2.24) is 9.97 Å². The van der Waals surface area contributed by atoms with Crippen molar-refractivity contribution < 1.29 is 28.7 Å². The van der Waals surface area contributed by atoms with Crippen LogP contribution in [0.2, 0.25) is 0 Å². The number of benzene rings is 8. The van der Waals surface area contributed by atoms with Crippen LogP contribution in [0.3, 0.4) is 0 Å². The van der Waals surface area contributed by atoms with Gasteiger partial charge >= 0.3 is 0 Å². The molecule has 4 aliphatic carbocycles. The van der Waals surface area contributed by atoms with Gasteiger partial charge in [0.05, 0.1) is 18.9 Å². The molecule has 0 unspecified atom stereocenters. The normalized spacial score (nSPS) is 16.8. The zero-order chi connectivity index (χ0) is 77.4. The summed E-state index contributed by atoms with van der Waals surface area (Å²) in [5.41, 5.74) is 15.0. The topological polar surface area (TPSA) is 113 Å². The first-order valence-electron chi connectivity index (χ1n) is 40.0. The Morgan fingerprint density at radius 3 is 1.10 bits per heavy atom. The van der Waals surface area contributed by atoms with Gasteiger partial charge in [-0.3, -0.25) is 24.2 Å². The molecule has 568 valence electrons. The monoisotopic (exact) mass is 1530 g/mol. The fraction of sp³-hybridized carbons (Fsp3) is 0.367. The van der Waals surface area contributed by atoms with E-state index in [0.717, 1.165) is 126 Å². The maximum atomic E-state index is 14.1. The number of pyridine rings is 2. The lowest BCUT2D eigenvalue weighted by atomic mass is 9.80. The van der Waals surface area contributed by atoms with Crippen LogP contribution >= 0.6 is 47.0 Å². The summed E-state index contributed by atoms with van der Waals surface area (Å²) in [5.74, 6) is 4.66. The number of ether oxygens (including phenoxy) is 2. The molecule has 2 saturated carbocycles. The van der Waals surface area contributed by atoms with Crippen LogP contribution in [0.15, 0.2) is 222 Å². The molecule has 0 bridgehead atoms. The molecular formula is C98H106N2O6S4. The summed E-state index contributed by atoms with van der Waals surface area (Å²) in [4.78, 5) is 72.0. The van der Waals surface area contributed by atoms with E-state index in [0.29, 0.717) is 56.3 Å². The molecule has 0 spiro atoms. The van der Waals surface area contributed by atoms with E-state index in [-0.39, 0.29) is 34.0 Å². The molecule has 2 aromatic heterocycles. The summed E-state index contributed by atoms with van der Waals surface area (Å²) in [7, 11) is 0. The summed E-state index contributed by atoms with van der Waals surface area (Å²) in [6.45, 7) is 27.8. The van der Waals surface area contributed by atoms with E-state index in [9.17, 15) is 19.2 Å². The lowest BCUT2D eigenvalue weighted by molar-refractivity contribution is 0.0974. The van der Waals surface area contributed by atoms with Gasteiger partial charge in [0.15, 0.2) is 23.1 Å². The Morgan fingerprint density at radius 1 is 0.364 bits per heavy atom. The molecule has 12 heteroatoms. The molecule has 0 radical (unpaired) electrons. The van der Waals surface area contributed by atoms with Gasteiger partial charge in [0, 0.05) is 96.7 Å². The Morgan fingerprint density at radius 2 is 0.727 bits per heavy atom. The number of carbonyl (C=O) groups excluding carboxylic acids is 4. The molecule has 0 saturated heterocycles. The second kappa shape index (κ2) is 35.6. The second-order valence-corrected chi connectivity index (χ2v) is 37.4. The van der Waals surface area contributed by atoms with E-state index in [1.54, 1.807) is 24.3 Å². The third kappa shape index (κ3) is 18.7. The molecule has 14 rings (SSSR count). The van der Waals surface area contributed by atoms with Crippen molar-refractivity contribution in [2.45, 2.75) is 236 Å². The molecule has 110 heavy (non-hydrogen) atoms. The Hall–Kier alpha value is -8.26. The van der Waals surface area contributed by atoms with Crippen LogP contribution in [0.1, 0.15) is 255 Å². The Labute approximate surface area is 670 Å². The summed E-state index contributed by atoms with van der Waals surface area (Å²) >= 11 is 5.94. The summed E-state index contributed by atoms with van der Waals surface area (Å²) < 4.78 is 13.0. The number of nitrogens with zero attached hydrogens (tertiary/aromatic N) is 2. The quantitative estimate of drug-likeness (QED) is 0.0537. The molecule has 0 N–H and O–H groups in total. The highest BCUT2D eigenvalue weighted by molar-refractivity contribution is 8.00. The molecule has 0 amide bonds. The van der Waals surface area contributed by atoms with E-state index >= 15 is 0 Å². The van der Waals surface area contributed by atoms with E-state index in [2.05, 4.69) is 167 Å². The molecule has 2 fully saturated rings. The highest BCUT2D eigenvalue weighted by Crippen LogP contribution is 2.46. The molecule has 2 heterocycles. The van der Waals surface area contributed by atoms with Gasteiger partial charge in [0.1, 0.15) is 16.5 Å². The van der Waals surface area contributed by atoms with Gasteiger partial charge in [-0.2, -0.15) is 0 Å². The van der Waals surface area contributed by atoms with E-state index in [4.69, 9.17) is 14.5 Å². The van der Waals surface area contributed by atoms with Gasteiger partial charge in [-0.25, -0.2) is 4.98 Å². The van der Waals surface area contributed by atoms with Crippen molar-refractivity contribution in [3.63, 3.8) is 0 Å². The fourth-order valence-corrected chi connectivity index (χ4v) is 20.1. The number of hydrogen-bond donors (Lipinski definition) is 0. The molecule has 4 aliphatic rings. The Balaban J connectivity index is 0.000000193. The number of ketones is 4. The number of fused-ring (bicyclic) bond motifs is 4. The lowest BCUT2D eigenvalue weighted by Gasteiger charge is -2.29. The molecular weight excluding hydrogens is 1430 g/mol. The average molecular weight is 1540 g/mol. The van der Waals surface area contributed by atoms with Crippen molar-refractivity contribution >= 4 is 70.2 Å². The maximum absolute atomic E-state index is 14.1. The third-order valence-electron chi connectivity index (χ3n) is 22.6. The minimum Gasteiger partial charge on any atom is -0.493 e. The van der Waals surface area contributed by atoms with Crippen molar-refractivity contribution in [3.8, 4) is 33.9 Å². The lowest BCUT2D eigenvalue weighted by Crippen LogP contribution is -2.22. The predicted molar refractivity (Wildman–Crippen MR) is 455 cm³/mol. The first-order valence-corrected chi connectivity index (χ1v) is 43.3. The van der Waals surface area contributed by atoms with E-state index in [1.165, 1.54) is 155 Å². The summed E-state index contributed by atoms with van der Waals surface area (Å²) in [5, 5.41) is 0.787. The number of carbonyl (C=O) groups is 4. The third-order valence-corrected chi connectivity index (χ3v) is 26.8. The van der Waals surface area contributed by atoms with Crippen LogP contribution in [0.4, 0.5) is 0 Å². The Bertz CT molecular complexity index is 4620. The first kappa shape index (κ1) is 79.8. The van der Waals surface area contributed by atoms with Gasteiger partial charge < -0.3 is 9.47 Å². The van der Waals surface area contributed by atoms with Crippen LogP contribution < -0.4 is 9.47 Å². The van der Waals surface area contributed by atoms with Gasteiger partial charge in [-0.05, 0) is 223 Å². The second-order valence-electron chi connectivity index (χ2n) is 33.0. The largest absolute Gasteiger partial charge is 0.493 e. The number of unbranched alkanes of at least 4 members (excludes halogenated alkanes) is 4. The molecule has 10 aromatic rings. The number of hydrogen-bond acceptors (Lipinski definition) is 12. The average Bonchev–Trinajstić information content (AvgIpc) is 0.835. The van der Waals surface area contributed by atoms with E-state index < -0.39 is 0 Å². The molecule has 8 aromatic carbocycles. The predicted octanol–water partition coefficient (Wildman–Crippen LogP) is 27.0. The number of aryl methyl sites for hydroxylation is 4. The highest BCUT2D eigenvalue weighted by atomic mass is 32.2. The SMILES string of the molecule is CCCCCC1CCC(COc2c(C)cc(-c3ccc(Sc4cccc5c4C(=O)c4cccc(Sc6ccc(C(C)(C)C)cc6)c4C5=O)cn3)cc2C)CC1.CCCCCC1CCC(COc2c(C)cc(-c3ccc(Sc4cccc5c4C(=O)c4cccc(Sc6ccc(C(C)(C)C)cn6)c4C5=O)cc3)cc2C)CC1. The number of rotatable bonds is 24. The highest BCUT2D eigenvalue weighted by Gasteiger charge is 2.37. The van der Waals surface area contributed by atoms with Gasteiger partial charge in [-0.1, -0.05) is 258 Å². The van der Waals surface area contributed by atoms with Crippen LogP contribution in [-0.4, -0.2) is 46.3 Å². The van der Waals surface area contributed by atoms with Gasteiger partial charge in [0.2, 0.25) is 0 Å². The Kier molecular flexibility index (Phi) is 25.8. The van der Waals surface area contributed by atoms with E-state index in [1.807, 2.05) is 79.1 Å². The van der Waals surface area contributed by atoms with Crippen LogP contribution in [0.25, 0.3) is 22.4 Å². The molecule has 8 nitrogen and oxygen atoms in total. The fourth-order valence-electron chi connectivity index (χ4n) is 16.2. The minimum absolute atomic E-state index is 0.00199. The standard InChI is InChI=1S/2C49H53NO3S2/c1-7-8-9-12-33-17-19-34(20-18-33)30-53-48-31(2)27-36(28-32(48)3)35-21-24-38(25-22-35)54-41-15-10-13-39-44(41)46(51)40-14-11-16-42(45(40)47(39)52)55-43-26-23-37(29-50-43)49(4,5)6;1-7-8-9-12-33-17-19-34(20-18-33)30-53-48-31(2)27-35(28-32(48)3)41-26-25-38(29-50-41)55-43-16-11-14-40-45(43)47(52)39-13-10-15-42(44(39)46(40)51)54-37-23-21-36(22-24-37)49(4,5)6/h2*10-11,13-16,21-29,33-34H,7-9,12,17-20,30H2,1-6H3. The smallest absolute Gasteiger partial charge is 0.195 e. The summed E-state index contributed by atoms with van der Waals surface area (Å²) in [6, 6.07) is 56.2. The first-order chi connectivity index (χ1) is 53.0. The molecule has 0 atom stereocenters. The van der Waals surface area contributed by atoms with Crippen molar-refractivity contribution in [2.24, 2.45) is 23.7 Å². The van der Waals surface area contributed by atoms with Crippen molar-refractivity contribution in [2.75, 3.05) is 13.2 Å².